The van der Waals surface area contributed by atoms with Crippen molar-refractivity contribution in [3.8, 4) is 11.4 Å². The Hall–Kier alpha value is -0.980. The highest BCUT2D eigenvalue weighted by atomic mass is 79.9. The van der Waals surface area contributed by atoms with E-state index in [1.807, 2.05) is 0 Å². The van der Waals surface area contributed by atoms with Crippen molar-refractivity contribution in [2.75, 3.05) is 13.7 Å². The zero-order valence-electron chi connectivity index (χ0n) is 10.2. The lowest BCUT2D eigenvalue weighted by Crippen LogP contribution is -2.09. The number of halogens is 3. The summed E-state index contributed by atoms with van der Waals surface area (Å²) < 4.78 is 20.8. The van der Waals surface area contributed by atoms with Crippen molar-refractivity contribution in [1.29, 1.82) is 0 Å². The summed E-state index contributed by atoms with van der Waals surface area (Å²) in [5, 5.41) is 8.90. The molecule has 1 aromatic carbocycles. The van der Waals surface area contributed by atoms with Gasteiger partial charge in [-0.15, -0.1) is 10.2 Å². The van der Waals surface area contributed by atoms with Gasteiger partial charge < -0.3 is 9.30 Å². The highest BCUT2D eigenvalue weighted by Gasteiger charge is 2.18. The molecule has 0 fully saturated rings. The van der Waals surface area contributed by atoms with Crippen molar-refractivity contribution in [3.63, 3.8) is 0 Å². The zero-order chi connectivity index (χ0) is 13.8. The fourth-order valence-corrected chi connectivity index (χ4v) is 2.41. The van der Waals surface area contributed by atoms with E-state index in [1.165, 1.54) is 6.07 Å². The quantitative estimate of drug-likeness (QED) is 0.779. The van der Waals surface area contributed by atoms with Crippen molar-refractivity contribution in [3.05, 3.63) is 34.9 Å². The van der Waals surface area contributed by atoms with Gasteiger partial charge in [-0.2, -0.15) is 0 Å². The smallest absolute Gasteiger partial charge is 0.168 e. The van der Waals surface area contributed by atoms with Crippen LogP contribution in [0.5, 0.6) is 0 Å². The molecule has 1 aromatic heterocycles. The van der Waals surface area contributed by atoms with Crippen LogP contribution in [-0.2, 0) is 16.6 Å². The second-order valence-corrected chi connectivity index (χ2v) is 4.78. The number of hydrogen-bond acceptors (Lipinski definition) is 3. The first-order valence-corrected chi connectivity index (χ1v) is 7.10. The van der Waals surface area contributed by atoms with Gasteiger partial charge in [-0.3, -0.25) is 0 Å². The molecule has 7 heteroatoms. The molecule has 0 aliphatic carbocycles. The number of alkyl halides is 1. The second kappa shape index (κ2) is 6.45. The van der Waals surface area contributed by atoms with E-state index in [-0.39, 0.29) is 5.56 Å². The molecule has 4 nitrogen and oxygen atoms in total. The summed E-state index contributed by atoms with van der Waals surface area (Å²) in [4.78, 5) is 0. The van der Waals surface area contributed by atoms with Crippen LogP contribution in [0.15, 0.2) is 18.2 Å². The van der Waals surface area contributed by atoms with Crippen molar-refractivity contribution < 1.29 is 9.13 Å². The van der Waals surface area contributed by atoms with E-state index in [0.29, 0.717) is 35.2 Å². The van der Waals surface area contributed by atoms with Crippen LogP contribution < -0.4 is 0 Å². The van der Waals surface area contributed by atoms with Crippen LogP contribution in [0.1, 0.15) is 5.82 Å². The maximum absolute atomic E-state index is 13.9. The van der Waals surface area contributed by atoms with Crippen LogP contribution in [0.4, 0.5) is 4.39 Å². The van der Waals surface area contributed by atoms with Crippen LogP contribution in [0.25, 0.3) is 11.4 Å². The topological polar surface area (TPSA) is 39.9 Å². The molecule has 0 amide bonds. The van der Waals surface area contributed by atoms with E-state index < -0.39 is 5.82 Å². The van der Waals surface area contributed by atoms with Gasteiger partial charge in [0.15, 0.2) is 5.82 Å². The standard InChI is InChI=1S/C12H12BrClFN3O/c1-19-6-5-18-10(7-13)16-17-12(18)11-8(14)3-2-4-9(11)15/h2-4H,5-7H2,1H3. The van der Waals surface area contributed by atoms with Crippen LogP contribution in [-0.4, -0.2) is 28.5 Å². The molecule has 1 heterocycles. The molecule has 0 atom stereocenters. The SMILES string of the molecule is COCCn1c(CBr)nnc1-c1c(F)cccc1Cl. The molecule has 0 aliphatic heterocycles. The van der Waals surface area contributed by atoms with E-state index in [2.05, 4.69) is 26.1 Å². The highest BCUT2D eigenvalue weighted by molar-refractivity contribution is 9.08. The summed E-state index contributed by atoms with van der Waals surface area (Å²) in [5.41, 5.74) is 0.264. The van der Waals surface area contributed by atoms with E-state index in [1.54, 1.807) is 23.8 Å². The fraction of sp³-hybridized carbons (Fsp3) is 0.333. The Morgan fingerprint density at radius 2 is 2.21 bits per heavy atom. The lowest BCUT2D eigenvalue weighted by atomic mass is 10.2. The third-order valence-corrected chi connectivity index (χ3v) is 3.47. The maximum Gasteiger partial charge on any atom is 0.168 e. The largest absolute Gasteiger partial charge is 0.383 e. The lowest BCUT2D eigenvalue weighted by Gasteiger charge is -2.10. The van der Waals surface area contributed by atoms with Crippen molar-refractivity contribution in [1.82, 2.24) is 14.8 Å². The minimum atomic E-state index is -0.417. The van der Waals surface area contributed by atoms with Gasteiger partial charge in [-0.05, 0) is 12.1 Å². The van der Waals surface area contributed by atoms with Gasteiger partial charge in [0.05, 0.1) is 22.5 Å². The first kappa shape index (κ1) is 14.4. The number of benzene rings is 1. The summed E-state index contributed by atoms with van der Waals surface area (Å²) in [6, 6.07) is 4.54. The number of rotatable bonds is 5. The van der Waals surface area contributed by atoms with E-state index in [9.17, 15) is 4.39 Å². The van der Waals surface area contributed by atoms with Gasteiger partial charge in [0, 0.05) is 13.7 Å². The minimum Gasteiger partial charge on any atom is -0.383 e. The second-order valence-electron chi connectivity index (χ2n) is 3.81. The molecule has 0 spiro atoms. The van der Waals surface area contributed by atoms with Crippen LogP contribution in [0, 0.1) is 5.82 Å². The van der Waals surface area contributed by atoms with Crippen LogP contribution >= 0.6 is 27.5 Å². The molecule has 0 unspecified atom stereocenters. The summed E-state index contributed by atoms with van der Waals surface area (Å²) in [6.45, 7) is 1.02. The van der Waals surface area contributed by atoms with E-state index in [4.69, 9.17) is 16.3 Å². The van der Waals surface area contributed by atoms with Gasteiger partial charge >= 0.3 is 0 Å². The van der Waals surface area contributed by atoms with Gasteiger partial charge in [0.25, 0.3) is 0 Å². The Balaban J connectivity index is 2.52. The van der Waals surface area contributed by atoms with Gasteiger partial charge in [-0.25, -0.2) is 4.39 Å². The Labute approximate surface area is 123 Å². The predicted octanol–water partition coefficient (Wildman–Crippen LogP) is 3.28. The molecule has 0 aliphatic rings. The van der Waals surface area contributed by atoms with Gasteiger partial charge in [0.2, 0.25) is 0 Å². The first-order chi connectivity index (χ1) is 9.19. The molecule has 0 radical (unpaired) electrons. The minimum absolute atomic E-state index is 0.264. The molecule has 2 aromatic rings. The average Bonchev–Trinajstić information content (AvgIpc) is 2.79. The number of aromatic nitrogens is 3. The van der Waals surface area contributed by atoms with Crippen molar-refractivity contribution in [2.24, 2.45) is 0 Å². The molecule has 19 heavy (non-hydrogen) atoms. The molecule has 0 saturated carbocycles. The van der Waals surface area contributed by atoms with E-state index >= 15 is 0 Å². The highest BCUT2D eigenvalue weighted by Crippen LogP contribution is 2.29. The predicted molar refractivity (Wildman–Crippen MR) is 74.9 cm³/mol. The summed E-state index contributed by atoms with van der Waals surface area (Å²) in [6.07, 6.45) is 0. The molecule has 0 saturated heterocycles. The zero-order valence-corrected chi connectivity index (χ0v) is 12.6. The third-order valence-electron chi connectivity index (χ3n) is 2.65. The lowest BCUT2D eigenvalue weighted by molar-refractivity contribution is 0.187. The Kier molecular flexibility index (Phi) is 4.90. The Morgan fingerprint density at radius 1 is 1.42 bits per heavy atom. The summed E-state index contributed by atoms with van der Waals surface area (Å²) >= 11 is 9.39. The average molecular weight is 349 g/mol. The third kappa shape index (κ3) is 2.96. The van der Waals surface area contributed by atoms with Crippen LogP contribution in [0.3, 0.4) is 0 Å². The number of nitrogens with zero attached hydrogens (tertiary/aromatic N) is 3. The number of methoxy groups -OCH3 is 1. The fourth-order valence-electron chi connectivity index (χ4n) is 1.75. The molecule has 102 valence electrons. The number of hydrogen-bond donors (Lipinski definition) is 0. The summed E-state index contributed by atoms with van der Waals surface area (Å²) in [5.74, 6) is 0.695. The Morgan fingerprint density at radius 3 is 2.84 bits per heavy atom. The van der Waals surface area contributed by atoms with Crippen molar-refractivity contribution in [2.45, 2.75) is 11.9 Å². The normalized spacial score (nSPS) is 10.9. The first-order valence-electron chi connectivity index (χ1n) is 5.60. The molecular weight excluding hydrogens is 337 g/mol. The van der Waals surface area contributed by atoms with Crippen molar-refractivity contribution >= 4 is 27.5 Å². The molecule has 2 rings (SSSR count). The number of ether oxygens (including phenoxy) is 1. The molecule has 0 N–H and O–H groups in total. The monoisotopic (exact) mass is 347 g/mol. The van der Waals surface area contributed by atoms with Crippen LogP contribution in [0.2, 0.25) is 5.02 Å². The van der Waals surface area contributed by atoms with Gasteiger partial charge in [0.1, 0.15) is 11.6 Å². The molecule has 0 bridgehead atoms. The molecular formula is C12H12BrClFN3O. The Bertz CT molecular complexity index is 556. The van der Waals surface area contributed by atoms with Gasteiger partial charge in [-0.1, -0.05) is 33.6 Å². The van der Waals surface area contributed by atoms with E-state index in [0.717, 1.165) is 0 Å². The summed E-state index contributed by atoms with van der Waals surface area (Å²) in [7, 11) is 1.61. The maximum atomic E-state index is 13.9.